The molecule has 0 bridgehead atoms. The second kappa shape index (κ2) is 5.83. The zero-order valence-corrected chi connectivity index (χ0v) is 11.4. The van der Waals surface area contributed by atoms with Crippen molar-refractivity contribution in [2.24, 2.45) is 0 Å². The Morgan fingerprint density at radius 2 is 2.16 bits per heavy atom. The third-order valence-electron chi connectivity index (χ3n) is 2.42. The standard InChI is InChI=1S/C12H18N2O5/c1-12(2,3)9-5-7(14-19-9)10(15)13-8(6-18-4)11(16)17/h5,8H,6H2,1-4H3,(H,13,15)(H,16,17). The van der Waals surface area contributed by atoms with Crippen LogP contribution in [0.25, 0.3) is 0 Å². The molecule has 1 heterocycles. The number of aliphatic carboxylic acids is 1. The van der Waals surface area contributed by atoms with Gasteiger partial charge in [-0.1, -0.05) is 25.9 Å². The number of carboxylic acid groups (broad SMARTS) is 1. The van der Waals surface area contributed by atoms with Crippen LogP contribution in [0.5, 0.6) is 0 Å². The highest BCUT2D eigenvalue weighted by molar-refractivity contribution is 5.94. The lowest BCUT2D eigenvalue weighted by Crippen LogP contribution is -2.43. The van der Waals surface area contributed by atoms with Gasteiger partial charge in [-0.15, -0.1) is 0 Å². The topological polar surface area (TPSA) is 102 Å². The quantitative estimate of drug-likeness (QED) is 0.820. The summed E-state index contributed by atoms with van der Waals surface area (Å²) in [6.07, 6.45) is 0. The fraction of sp³-hybridized carbons (Fsp3) is 0.583. The number of amides is 1. The predicted molar refractivity (Wildman–Crippen MR) is 66.0 cm³/mol. The van der Waals surface area contributed by atoms with E-state index in [4.69, 9.17) is 14.4 Å². The molecule has 0 fully saturated rings. The molecule has 7 nitrogen and oxygen atoms in total. The molecule has 1 aromatic rings. The summed E-state index contributed by atoms with van der Waals surface area (Å²) in [5, 5.41) is 14.8. The van der Waals surface area contributed by atoms with Crippen molar-refractivity contribution in [2.45, 2.75) is 32.2 Å². The first-order valence-corrected chi connectivity index (χ1v) is 5.75. The van der Waals surface area contributed by atoms with Gasteiger partial charge in [-0.3, -0.25) is 4.79 Å². The molecule has 1 rings (SSSR count). The fourth-order valence-corrected chi connectivity index (χ4v) is 1.31. The number of carboxylic acids is 1. The molecule has 0 aliphatic rings. The minimum absolute atomic E-state index is 0.0484. The SMILES string of the molecule is COCC(NC(=O)c1cc(C(C)(C)C)on1)C(=O)O. The van der Waals surface area contributed by atoms with Gasteiger partial charge in [0, 0.05) is 18.6 Å². The van der Waals surface area contributed by atoms with Crippen LogP contribution in [0.4, 0.5) is 0 Å². The number of methoxy groups -OCH3 is 1. The fourth-order valence-electron chi connectivity index (χ4n) is 1.31. The van der Waals surface area contributed by atoms with Crippen LogP contribution in [0, 0.1) is 0 Å². The van der Waals surface area contributed by atoms with E-state index >= 15 is 0 Å². The number of rotatable bonds is 5. The number of hydrogen-bond donors (Lipinski definition) is 2. The smallest absolute Gasteiger partial charge is 0.328 e. The molecule has 0 aromatic carbocycles. The normalized spacial score (nSPS) is 13.1. The number of ether oxygens (including phenoxy) is 1. The predicted octanol–water partition coefficient (Wildman–Crippen LogP) is 0.801. The highest BCUT2D eigenvalue weighted by atomic mass is 16.5. The van der Waals surface area contributed by atoms with E-state index in [-0.39, 0.29) is 17.7 Å². The molecule has 106 valence electrons. The maximum absolute atomic E-state index is 11.8. The van der Waals surface area contributed by atoms with Gasteiger partial charge in [-0.05, 0) is 0 Å². The van der Waals surface area contributed by atoms with E-state index in [0.29, 0.717) is 5.76 Å². The van der Waals surface area contributed by atoms with E-state index in [1.807, 2.05) is 20.8 Å². The van der Waals surface area contributed by atoms with E-state index in [2.05, 4.69) is 10.5 Å². The summed E-state index contributed by atoms with van der Waals surface area (Å²) in [5.41, 5.74) is -0.225. The monoisotopic (exact) mass is 270 g/mol. The summed E-state index contributed by atoms with van der Waals surface area (Å²) in [5.74, 6) is -1.23. The lowest BCUT2D eigenvalue weighted by molar-refractivity contribution is -0.140. The largest absolute Gasteiger partial charge is 0.480 e. The Bertz CT molecular complexity index is 461. The third-order valence-corrected chi connectivity index (χ3v) is 2.42. The highest BCUT2D eigenvalue weighted by Crippen LogP contribution is 2.22. The number of nitrogens with zero attached hydrogens (tertiary/aromatic N) is 1. The summed E-state index contributed by atoms with van der Waals surface area (Å²) in [6.45, 7) is 5.63. The van der Waals surface area contributed by atoms with Crippen molar-refractivity contribution < 1.29 is 24.0 Å². The molecule has 1 aromatic heterocycles. The summed E-state index contributed by atoms with van der Waals surface area (Å²) in [6, 6.07) is 0.383. The Morgan fingerprint density at radius 1 is 1.53 bits per heavy atom. The van der Waals surface area contributed by atoms with Gasteiger partial charge in [0.25, 0.3) is 5.91 Å². The Kier molecular flexibility index (Phi) is 4.66. The Morgan fingerprint density at radius 3 is 2.58 bits per heavy atom. The van der Waals surface area contributed by atoms with Crippen LogP contribution >= 0.6 is 0 Å². The average Bonchev–Trinajstić information content (AvgIpc) is 2.76. The van der Waals surface area contributed by atoms with Crippen LogP contribution in [-0.4, -0.2) is 41.9 Å². The molecule has 19 heavy (non-hydrogen) atoms. The minimum atomic E-state index is -1.17. The van der Waals surface area contributed by atoms with Crippen molar-refractivity contribution >= 4 is 11.9 Å². The Labute approximate surface area is 110 Å². The van der Waals surface area contributed by atoms with Crippen LogP contribution in [0.3, 0.4) is 0 Å². The van der Waals surface area contributed by atoms with Crippen molar-refractivity contribution in [3.8, 4) is 0 Å². The van der Waals surface area contributed by atoms with Crippen LogP contribution in [0.2, 0.25) is 0 Å². The molecule has 0 spiro atoms. The molecule has 1 unspecified atom stereocenters. The van der Waals surface area contributed by atoms with Crippen molar-refractivity contribution in [3.63, 3.8) is 0 Å². The molecule has 0 aliphatic heterocycles. The van der Waals surface area contributed by atoms with Gasteiger partial charge in [-0.25, -0.2) is 4.79 Å². The van der Waals surface area contributed by atoms with Gasteiger partial charge in [0.15, 0.2) is 11.7 Å². The lowest BCUT2D eigenvalue weighted by Gasteiger charge is -2.12. The molecule has 1 atom stereocenters. The summed E-state index contributed by atoms with van der Waals surface area (Å²) in [7, 11) is 1.36. The van der Waals surface area contributed by atoms with Crippen molar-refractivity contribution in [1.82, 2.24) is 10.5 Å². The molecule has 2 N–H and O–H groups in total. The van der Waals surface area contributed by atoms with Crippen LogP contribution in [-0.2, 0) is 14.9 Å². The number of aromatic nitrogens is 1. The Hall–Kier alpha value is -1.89. The molecule has 0 radical (unpaired) electrons. The van der Waals surface area contributed by atoms with Crippen molar-refractivity contribution in [1.29, 1.82) is 0 Å². The lowest BCUT2D eigenvalue weighted by atomic mass is 9.93. The first kappa shape index (κ1) is 15.2. The van der Waals surface area contributed by atoms with Crippen molar-refractivity contribution in [2.75, 3.05) is 13.7 Å². The summed E-state index contributed by atoms with van der Waals surface area (Å²) < 4.78 is 9.78. The van der Waals surface area contributed by atoms with Crippen LogP contribution < -0.4 is 5.32 Å². The van der Waals surface area contributed by atoms with Gasteiger partial charge < -0.3 is 19.7 Å². The minimum Gasteiger partial charge on any atom is -0.480 e. The van der Waals surface area contributed by atoms with Gasteiger partial charge in [0.1, 0.15) is 5.76 Å². The van der Waals surface area contributed by atoms with Crippen LogP contribution in [0.1, 0.15) is 37.0 Å². The van der Waals surface area contributed by atoms with Gasteiger partial charge in [0.2, 0.25) is 0 Å². The summed E-state index contributed by atoms with van der Waals surface area (Å²) >= 11 is 0. The van der Waals surface area contributed by atoms with E-state index in [0.717, 1.165) is 0 Å². The second-order valence-electron chi connectivity index (χ2n) is 5.15. The van der Waals surface area contributed by atoms with E-state index in [1.54, 1.807) is 0 Å². The Balaban J connectivity index is 2.78. The third kappa shape index (κ3) is 4.06. The molecule has 7 heteroatoms. The molecule has 1 amide bonds. The summed E-state index contributed by atoms with van der Waals surface area (Å²) in [4.78, 5) is 22.7. The zero-order chi connectivity index (χ0) is 14.6. The molecule has 0 saturated heterocycles. The first-order valence-electron chi connectivity index (χ1n) is 5.75. The number of hydrogen-bond acceptors (Lipinski definition) is 5. The van der Waals surface area contributed by atoms with Gasteiger partial charge in [-0.2, -0.15) is 0 Å². The van der Waals surface area contributed by atoms with Gasteiger partial charge >= 0.3 is 5.97 Å². The van der Waals surface area contributed by atoms with E-state index < -0.39 is 17.9 Å². The average molecular weight is 270 g/mol. The molecular weight excluding hydrogens is 252 g/mol. The molecule has 0 aliphatic carbocycles. The van der Waals surface area contributed by atoms with Gasteiger partial charge in [0.05, 0.1) is 6.61 Å². The van der Waals surface area contributed by atoms with E-state index in [9.17, 15) is 9.59 Å². The van der Waals surface area contributed by atoms with Crippen molar-refractivity contribution in [3.05, 3.63) is 17.5 Å². The number of carbonyl (C=O) groups is 2. The van der Waals surface area contributed by atoms with E-state index in [1.165, 1.54) is 13.2 Å². The second-order valence-corrected chi connectivity index (χ2v) is 5.15. The zero-order valence-electron chi connectivity index (χ0n) is 11.4. The highest BCUT2D eigenvalue weighted by Gasteiger charge is 2.25. The maximum atomic E-state index is 11.8. The maximum Gasteiger partial charge on any atom is 0.328 e. The number of carbonyl (C=O) groups excluding carboxylic acids is 1. The number of nitrogens with one attached hydrogen (secondary N) is 1. The first-order chi connectivity index (χ1) is 8.75. The van der Waals surface area contributed by atoms with Crippen LogP contribution in [0.15, 0.2) is 10.6 Å². The molecular formula is C12H18N2O5. The molecule has 0 saturated carbocycles.